The number of rotatable bonds is 2. The van der Waals surface area contributed by atoms with Gasteiger partial charge in [0.1, 0.15) is 5.69 Å². The molecule has 0 bridgehead atoms. The Morgan fingerprint density at radius 2 is 1.94 bits per heavy atom. The number of aryl methyl sites for hydroxylation is 1. The van der Waals surface area contributed by atoms with Gasteiger partial charge in [-0.05, 0) is 26.8 Å². The molecule has 1 fully saturated rings. The zero-order valence-corrected chi connectivity index (χ0v) is 11.0. The van der Waals surface area contributed by atoms with Crippen molar-refractivity contribution >= 4 is 11.4 Å². The molecule has 1 saturated heterocycles. The summed E-state index contributed by atoms with van der Waals surface area (Å²) in [5.41, 5.74) is 1.69. The second kappa shape index (κ2) is 4.94. The predicted octanol–water partition coefficient (Wildman–Crippen LogP) is 2.09. The van der Waals surface area contributed by atoms with E-state index in [4.69, 9.17) is 0 Å². The fourth-order valence-electron chi connectivity index (χ4n) is 2.66. The van der Waals surface area contributed by atoms with E-state index in [1.54, 1.807) is 13.0 Å². The second-order valence-electron chi connectivity index (χ2n) is 5.07. The molecule has 0 saturated carbocycles. The summed E-state index contributed by atoms with van der Waals surface area (Å²) in [4.78, 5) is 13.0. The smallest absolute Gasteiger partial charge is 0.295 e. The SMILES string of the molecule is Cc1cccc(N2CC(C)NC(C)C2)c1[N+](=O)[O-]. The fraction of sp³-hybridized carbons (Fsp3) is 0.538. The molecule has 18 heavy (non-hydrogen) atoms. The van der Waals surface area contributed by atoms with Crippen LogP contribution in [0.5, 0.6) is 0 Å². The van der Waals surface area contributed by atoms with Crippen molar-refractivity contribution in [1.82, 2.24) is 5.32 Å². The van der Waals surface area contributed by atoms with Crippen LogP contribution in [0, 0.1) is 17.0 Å². The zero-order chi connectivity index (χ0) is 13.3. The third-order valence-corrected chi connectivity index (χ3v) is 3.30. The maximum absolute atomic E-state index is 11.2. The molecule has 98 valence electrons. The maximum Gasteiger partial charge on any atom is 0.295 e. The highest BCUT2D eigenvalue weighted by Gasteiger charge is 2.27. The average molecular weight is 249 g/mol. The molecular weight excluding hydrogens is 230 g/mol. The number of piperazine rings is 1. The van der Waals surface area contributed by atoms with Gasteiger partial charge in [0.2, 0.25) is 0 Å². The lowest BCUT2D eigenvalue weighted by atomic mass is 10.1. The number of hydrogen-bond acceptors (Lipinski definition) is 4. The normalized spacial score (nSPS) is 24.1. The van der Waals surface area contributed by atoms with Crippen LogP contribution in [-0.2, 0) is 0 Å². The lowest BCUT2D eigenvalue weighted by Gasteiger charge is -2.37. The van der Waals surface area contributed by atoms with Gasteiger partial charge in [-0.1, -0.05) is 12.1 Å². The lowest BCUT2D eigenvalue weighted by Crippen LogP contribution is -2.54. The summed E-state index contributed by atoms with van der Waals surface area (Å²) < 4.78 is 0. The quantitative estimate of drug-likeness (QED) is 0.644. The summed E-state index contributed by atoms with van der Waals surface area (Å²) in [5, 5.41) is 14.6. The van der Waals surface area contributed by atoms with Crippen molar-refractivity contribution in [3.05, 3.63) is 33.9 Å². The van der Waals surface area contributed by atoms with Crippen LogP contribution < -0.4 is 10.2 Å². The maximum atomic E-state index is 11.2. The highest BCUT2D eigenvalue weighted by Crippen LogP contribution is 2.32. The number of anilines is 1. The number of benzene rings is 1. The molecule has 1 aromatic rings. The van der Waals surface area contributed by atoms with E-state index in [9.17, 15) is 10.1 Å². The van der Waals surface area contributed by atoms with E-state index in [1.165, 1.54) is 0 Å². The number of nitrogens with zero attached hydrogens (tertiary/aromatic N) is 2. The Morgan fingerprint density at radius 1 is 1.33 bits per heavy atom. The molecule has 2 rings (SSSR count). The van der Waals surface area contributed by atoms with Gasteiger partial charge in [-0.2, -0.15) is 0 Å². The number of nitro benzene ring substituents is 1. The van der Waals surface area contributed by atoms with Gasteiger partial charge in [0, 0.05) is 30.7 Å². The third kappa shape index (κ3) is 2.46. The average Bonchev–Trinajstić information content (AvgIpc) is 2.26. The minimum absolute atomic E-state index is 0.235. The number of nitro groups is 1. The monoisotopic (exact) mass is 249 g/mol. The molecule has 1 N–H and O–H groups in total. The van der Waals surface area contributed by atoms with E-state index in [0.29, 0.717) is 12.1 Å². The van der Waals surface area contributed by atoms with Crippen molar-refractivity contribution in [2.45, 2.75) is 32.9 Å². The summed E-state index contributed by atoms with van der Waals surface area (Å²) in [6.45, 7) is 7.59. The summed E-state index contributed by atoms with van der Waals surface area (Å²) >= 11 is 0. The van der Waals surface area contributed by atoms with Crippen molar-refractivity contribution in [2.24, 2.45) is 0 Å². The molecule has 1 heterocycles. The first kappa shape index (κ1) is 12.8. The van der Waals surface area contributed by atoms with Gasteiger partial charge in [-0.3, -0.25) is 10.1 Å². The summed E-state index contributed by atoms with van der Waals surface area (Å²) in [7, 11) is 0. The van der Waals surface area contributed by atoms with Gasteiger partial charge in [0.15, 0.2) is 0 Å². The Labute approximate surface area is 107 Å². The number of hydrogen-bond donors (Lipinski definition) is 1. The van der Waals surface area contributed by atoms with E-state index in [1.807, 2.05) is 12.1 Å². The molecule has 5 heteroatoms. The molecule has 2 unspecified atom stereocenters. The van der Waals surface area contributed by atoms with Gasteiger partial charge in [-0.15, -0.1) is 0 Å². The topological polar surface area (TPSA) is 58.4 Å². The van der Waals surface area contributed by atoms with Crippen LogP contribution in [0.25, 0.3) is 0 Å². The molecular formula is C13H19N3O2. The van der Waals surface area contributed by atoms with Gasteiger partial charge < -0.3 is 10.2 Å². The highest BCUT2D eigenvalue weighted by atomic mass is 16.6. The van der Waals surface area contributed by atoms with E-state index in [-0.39, 0.29) is 10.6 Å². The largest absolute Gasteiger partial charge is 0.363 e. The lowest BCUT2D eigenvalue weighted by molar-refractivity contribution is -0.384. The molecule has 0 spiro atoms. The molecule has 2 atom stereocenters. The van der Waals surface area contributed by atoms with Crippen molar-refractivity contribution in [2.75, 3.05) is 18.0 Å². The third-order valence-electron chi connectivity index (χ3n) is 3.30. The fourth-order valence-corrected chi connectivity index (χ4v) is 2.66. The molecule has 1 aliphatic rings. The number of para-hydroxylation sites is 1. The minimum atomic E-state index is -0.276. The second-order valence-corrected chi connectivity index (χ2v) is 5.07. The van der Waals surface area contributed by atoms with Crippen LogP contribution in [0.2, 0.25) is 0 Å². The van der Waals surface area contributed by atoms with Crippen molar-refractivity contribution < 1.29 is 4.92 Å². The first-order chi connectivity index (χ1) is 8.49. The van der Waals surface area contributed by atoms with E-state index >= 15 is 0 Å². The minimum Gasteiger partial charge on any atom is -0.363 e. The molecule has 0 radical (unpaired) electrons. The van der Waals surface area contributed by atoms with E-state index < -0.39 is 0 Å². The first-order valence-electron chi connectivity index (χ1n) is 6.24. The van der Waals surface area contributed by atoms with Crippen LogP contribution in [0.4, 0.5) is 11.4 Å². The van der Waals surface area contributed by atoms with Crippen molar-refractivity contribution in [1.29, 1.82) is 0 Å². The Kier molecular flexibility index (Phi) is 3.52. The van der Waals surface area contributed by atoms with Gasteiger partial charge in [0.05, 0.1) is 4.92 Å². The Hall–Kier alpha value is -1.62. The van der Waals surface area contributed by atoms with Crippen LogP contribution in [0.3, 0.4) is 0 Å². The van der Waals surface area contributed by atoms with Crippen molar-refractivity contribution in [3.63, 3.8) is 0 Å². The van der Waals surface area contributed by atoms with Crippen LogP contribution >= 0.6 is 0 Å². The first-order valence-corrected chi connectivity index (χ1v) is 6.24. The van der Waals surface area contributed by atoms with Crippen LogP contribution in [-0.4, -0.2) is 30.1 Å². The molecule has 1 aliphatic heterocycles. The van der Waals surface area contributed by atoms with E-state index in [0.717, 1.165) is 24.3 Å². The molecule has 0 aromatic heterocycles. The van der Waals surface area contributed by atoms with E-state index in [2.05, 4.69) is 24.1 Å². The zero-order valence-electron chi connectivity index (χ0n) is 11.0. The Morgan fingerprint density at radius 3 is 2.50 bits per heavy atom. The molecule has 0 aliphatic carbocycles. The van der Waals surface area contributed by atoms with Gasteiger partial charge in [-0.25, -0.2) is 0 Å². The van der Waals surface area contributed by atoms with Gasteiger partial charge >= 0.3 is 0 Å². The Bertz CT molecular complexity index is 452. The summed E-state index contributed by atoms with van der Waals surface area (Å²) in [6, 6.07) is 6.20. The van der Waals surface area contributed by atoms with Crippen LogP contribution in [0.1, 0.15) is 19.4 Å². The summed E-state index contributed by atoms with van der Waals surface area (Å²) in [5.74, 6) is 0. The molecule has 1 aromatic carbocycles. The molecule has 0 amide bonds. The Balaban J connectivity index is 2.38. The van der Waals surface area contributed by atoms with Crippen LogP contribution in [0.15, 0.2) is 18.2 Å². The number of nitrogens with one attached hydrogen (secondary N) is 1. The summed E-state index contributed by atoms with van der Waals surface area (Å²) in [6.07, 6.45) is 0. The van der Waals surface area contributed by atoms with Gasteiger partial charge in [0.25, 0.3) is 5.69 Å². The predicted molar refractivity (Wildman–Crippen MR) is 72.1 cm³/mol. The highest BCUT2D eigenvalue weighted by molar-refractivity contribution is 5.67. The molecule has 5 nitrogen and oxygen atoms in total. The van der Waals surface area contributed by atoms with Crippen molar-refractivity contribution in [3.8, 4) is 0 Å². The standard InChI is InChI=1S/C13H19N3O2/c1-9-5-4-6-12(13(9)16(17)18)15-7-10(2)14-11(3)8-15/h4-6,10-11,14H,7-8H2,1-3H3.